The van der Waals surface area contributed by atoms with Gasteiger partial charge in [-0.1, -0.05) is 0 Å². The SMILES string of the molecule is CS(=O)(=O)N1CCN(C(=O)[C@@H]2CSCN2)[C@@H](C(=O)N[C@H]2CCCNC2=O)C1. The molecule has 0 aromatic rings. The summed E-state index contributed by atoms with van der Waals surface area (Å²) in [5.41, 5.74) is 0. The molecule has 3 heterocycles. The van der Waals surface area contributed by atoms with Gasteiger partial charge < -0.3 is 15.5 Å². The van der Waals surface area contributed by atoms with Crippen LogP contribution < -0.4 is 16.0 Å². The monoisotopic (exact) mass is 419 g/mol. The quantitative estimate of drug-likeness (QED) is 0.460. The number of sulfonamides is 1. The van der Waals surface area contributed by atoms with Gasteiger partial charge >= 0.3 is 0 Å². The fraction of sp³-hybridized carbons (Fsp3) is 0.800. The van der Waals surface area contributed by atoms with Gasteiger partial charge in [0.05, 0.1) is 12.3 Å². The Morgan fingerprint density at radius 2 is 2.07 bits per heavy atom. The van der Waals surface area contributed by atoms with E-state index < -0.39 is 28.0 Å². The van der Waals surface area contributed by atoms with E-state index in [9.17, 15) is 22.8 Å². The van der Waals surface area contributed by atoms with Crippen molar-refractivity contribution in [2.75, 3.05) is 44.1 Å². The molecule has 3 amide bonds. The molecule has 0 aromatic carbocycles. The van der Waals surface area contributed by atoms with E-state index in [2.05, 4.69) is 16.0 Å². The molecule has 0 aliphatic carbocycles. The van der Waals surface area contributed by atoms with Gasteiger partial charge in [0.25, 0.3) is 0 Å². The maximum atomic E-state index is 12.9. The van der Waals surface area contributed by atoms with E-state index in [0.717, 1.165) is 12.7 Å². The molecule has 3 aliphatic heterocycles. The Labute approximate surface area is 162 Å². The highest BCUT2D eigenvalue weighted by Crippen LogP contribution is 2.19. The highest BCUT2D eigenvalue weighted by Gasteiger charge is 2.41. The zero-order valence-corrected chi connectivity index (χ0v) is 16.8. The first-order chi connectivity index (χ1) is 12.8. The summed E-state index contributed by atoms with van der Waals surface area (Å²) in [6.45, 7) is 0.762. The standard InChI is InChI=1S/C15H25N5O5S2/c1-27(24,25)19-5-6-20(15(23)11-8-26-9-17-11)12(7-19)14(22)18-10-3-2-4-16-13(10)21/h10-12,17H,2-9H2,1H3,(H,16,21)(H,18,22)/t10-,11-,12+/m0/s1. The highest BCUT2D eigenvalue weighted by molar-refractivity contribution is 7.99. The van der Waals surface area contributed by atoms with Gasteiger partial charge in [0.2, 0.25) is 27.7 Å². The van der Waals surface area contributed by atoms with Crippen molar-refractivity contribution >= 4 is 39.5 Å². The van der Waals surface area contributed by atoms with Gasteiger partial charge in [-0.15, -0.1) is 11.8 Å². The van der Waals surface area contributed by atoms with Crippen LogP contribution in [0.1, 0.15) is 12.8 Å². The fourth-order valence-corrected chi connectivity index (χ4v) is 5.24. The number of nitrogens with one attached hydrogen (secondary N) is 3. The van der Waals surface area contributed by atoms with Gasteiger partial charge in [0.1, 0.15) is 12.1 Å². The van der Waals surface area contributed by atoms with Gasteiger partial charge in [-0.25, -0.2) is 8.42 Å². The van der Waals surface area contributed by atoms with Crippen LogP contribution in [0.4, 0.5) is 0 Å². The average molecular weight is 420 g/mol. The first-order valence-corrected chi connectivity index (χ1v) is 11.9. The van der Waals surface area contributed by atoms with E-state index in [4.69, 9.17) is 0 Å². The third-order valence-electron chi connectivity index (χ3n) is 5.01. The zero-order valence-electron chi connectivity index (χ0n) is 15.1. The Morgan fingerprint density at radius 1 is 1.30 bits per heavy atom. The topological polar surface area (TPSA) is 128 Å². The van der Waals surface area contributed by atoms with Crippen LogP contribution >= 0.6 is 11.8 Å². The molecule has 10 nitrogen and oxygen atoms in total. The molecule has 0 unspecified atom stereocenters. The molecule has 0 radical (unpaired) electrons. The molecule has 12 heteroatoms. The van der Waals surface area contributed by atoms with Gasteiger partial charge in [-0.05, 0) is 12.8 Å². The lowest BCUT2D eigenvalue weighted by atomic mass is 10.1. The summed E-state index contributed by atoms with van der Waals surface area (Å²) in [6, 6.07) is -1.99. The number of hydrogen-bond donors (Lipinski definition) is 3. The van der Waals surface area contributed by atoms with Crippen LogP contribution in [0.5, 0.6) is 0 Å². The van der Waals surface area contributed by atoms with Gasteiger partial charge in [0.15, 0.2) is 0 Å². The average Bonchev–Trinajstić information content (AvgIpc) is 3.16. The summed E-state index contributed by atoms with van der Waals surface area (Å²) < 4.78 is 25.1. The molecule has 152 valence electrons. The number of rotatable bonds is 4. The lowest BCUT2D eigenvalue weighted by Gasteiger charge is -2.41. The Balaban J connectivity index is 1.76. The second-order valence-electron chi connectivity index (χ2n) is 6.93. The molecule has 0 aromatic heterocycles. The van der Waals surface area contributed by atoms with E-state index in [1.807, 2.05) is 0 Å². The molecule has 3 N–H and O–H groups in total. The third kappa shape index (κ3) is 4.73. The number of piperazine rings is 1. The lowest BCUT2D eigenvalue weighted by molar-refractivity contribution is -0.144. The molecule has 0 spiro atoms. The minimum atomic E-state index is -3.49. The fourth-order valence-electron chi connectivity index (χ4n) is 3.48. The summed E-state index contributed by atoms with van der Waals surface area (Å²) in [5, 5.41) is 8.48. The molecule has 3 rings (SSSR count). The van der Waals surface area contributed by atoms with Gasteiger partial charge in [-0.3, -0.25) is 19.7 Å². The zero-order chi connectivity index (χ0) is 19.6. The molecule has 3 atom stereocenters. The molecule has 0 bridgehead atoms. The van der Waals surface area contributed by atoms with Crippen molar-refractivity contribution in [3.8, 4) is 0 Å². The van der Waals surface area contributed by atoms with Crippen molar-refractivity contribution in [1.82, 2.24) is 25.2 Å². The summed E-state index contributed by atoms with van der Waals surface area (Å²) in [4.78, 5) is 39.1. The van der Waals surface area contributed by atoms with Crippen LogP contribution in [-0.4, -0.2) is 97.5 Å². The number of carbonyl (C=O) groups excluding carboxylic acids is 3. The molecular formula is C15H25N5O5S2. The number of piperidine rings is 1. The van der Waals surface area contributed by atoms with Gasteiger partial charge in [0, 0.05) is 37.8 Å². The maximum Gasteiger partial charge on any atom is 0.244 e. The molecule has 27 heavy (non-hydrogen) atoms. The summed E-state index contributed by atoms with van der Waals surface area (Å²) in [5.74, 6) is 0.325. The van der Waals surface area contributed by atoms with Crippen molar-refractivity contribution in [3.63, 3.8) is 0 Å². The first-order valence-electron chi connectivity index (χ1n) is 8.92. The molecule has 3 saturated heterocycles. The van der Waals surface area contributed by atoms with Crippen molar-refractivity contribution in [3.05, 3.63) is 0 Å². The Hall–Kier alpha value is -1.37. The smallest absolute Gasteiger partial charge is 0.244 e. The number of amides is 3. The van der Waals surface area contributed by atoms with Crippen LogP contribution in [0, 0.1) is 0 Å². The van der Waals surface area contributed by atoms with E-state index in [-0.39, 0.29) is 37.5 Å². The predicted octanol–water partition coefficient (Wildman–Crippen LogP) is -2.48. The number of hydrogen-bond acceptors (Lipinski definition) is 7. The molecule has 0 saturated carbocycles. The highest BCUT2D eigenvalue weighted by atomic mass is 32.2. The third-order valence-corrected chi connectivity index (χ3v) is 7.22. The van der Waals surface area contributed by atoms with E-state index >= 15 is 0 Å². The largest absolute Gasteiger partial charge is 0.354 e. The number of nitrogens with zero attached hydrogens (tertiary/aromatic N) is 2. The summed E-state index contributed by atoms with van der Waals surface area (Å²) in [7, 11) is -3.49. The van der Waals surface area contributed by atoms with Gasteiger partial charge in [-0.2, -0.15) is 4.31 Å². The summed E-state index contributed by atoms with van der Waals surface area (Å²) >= 11 is 1.60. The van der Waals surface area contributed by atoms with Crippen LogP contribution in [0.25, 0.3) is 0 Å². The van der Waals surface area contributed by atoms with E-state index in [1.165, 1.54) is 9.21 Å². The van der Waals surface area contributed by atoms with Crippen LogP contribution in [0.15, 0.2) is 0 Å². The number of carbonyl (C=O) groups is 3. The number of thioether (sulfide) groups is 1. The Morgan fingerprint density at radius 3 is 2.70 bits per heavy atom. The summed E-state index contributed by atoms with van der Waals surface area (Å²) in [6.07, 6.45) is 2.36. The lowest BCUT2D eigenvalue weighted by Crippen LogP contribution is -2.65. The van der Waals surface area contributed by atoms with Crippen LogP contribution in [0.3, 0.4) is 0 Å². The van der Waals surface area contributed by atoms with Crippen LogP contribution in [-0.2, 0) is 24.4 Å². The Kier molecular flexibility index (Phi) is 6.28. The molecular weight excluding hydrogens is 394 g/mol. The van der Waals surface area contributed by atoms with Crippen molar-refractivity contribution in [2.45, 2.75) is 31.0 Å². The van der Waals surface area contributed by atoms with Crippen molar-refractivity contribution in [2.24, 2.45) is 0 Å². The maximum absolute atomic E-state index is 12.9. The van der Waals surface area contributed by atoms with E-state index in [1.54, 1.807) is 11.8 Å². The van der Waals surface area contributed by atoms with Crippen molar-refractivity contribution < 1.29 is 22.8 Å². The van der Waals surface area contributed by atoms with E-state index in [0.29, 0.717) is 24.6 Å². The molecule has 3 aliphatic rings. The molecule has 3 fully saturated rings. The normalized spacial score (nSPS) is 30.0. The minimum absolute atomic E-state index is 0.107. The second-order valence-corrected chi connectivity index (χ2v) is 9.95. The first kappa shape index (κ1) is 20.4. The second kappa shape index (κ2) is 8.33. The van der Waals surface area contributed by atoms with Crippen molar-refractivity contribution in [1.29, 1.82) is 0 Å². The minimum Gasteiger partial charge on any atom is -0.354 e. The predicted molar refractivity (Wildman–Crippen MR) is 100 cm³/mol. The van der Waals surface area contributed by atoms with Crippen LogP contribution in [0.2, 0.25) is 0 Å². The Bertz CT molecular complexity index is 709.